The smallest absolute Gasteiger partial charge is 0.224 e. The predicted octanol–water partition coefficient (Wildman–Crippen LogP) is 3.23. The van der Waals surface area contributed by atoms with Crippen LogP contribution in [-0.2, 0) is 9.53 Å². The van der Waals surface area contributed by atoms with E-state index in [1.165, 1.54) is 0 Å². The number of hydrogen-bond acceptors (Lipinski definition) is 3. The van der Waals surface area contributed by atoms with Crippen LogP contribution in [0.2, 0.25) is 0 Å². The number of amides is 1. The van der Waals surface area contributed by atoms with Gasteiger partial charge in [0.25, 0.3) is 0 Å². The highest BCUT2D eigenvalue weighted by Crippen LogP contribution is 2.33. The zero-order chi connectivity index (χ0) is 15.4. The summed E-state index contributed by atoms with van der Waals surface area (Å²) in [6.45, 7) is 2.73. The van der Waals surface area contributed by atoms with Gasteiger partial charge in [-0.05, 0) is 43.9 Å². The molecule has 21 heavy (non-hydrogen) atoms. The average molecular weight is 371 g/mol. The molecule has 4 nitrogen and oxygen atoms in total. The lowest BCUT2D eigenvalue weighted by Gasteiger charge is -2.34. The number of nitrogens with one attached hydrogen (secondary N) is 1. The van der Waals surface area contributed by atoms with Gasteiger partial charge < -0.3 is 15.8 Å². The summed E-state index contributed by atoms with van der Waals surface area (Å²) in [5, 5.41) is 2.90. The Balaban J connectivity index is 1.91. The van der Waals surface area contributed by atoms with Gasteiger partial charge in [0.15, 0.2) is 0 Å². The standard InChI is InChI=1S/C15H19BrN2O2S/c1-2-20-11-5-9(6-11)7-14(19)18-13-8-10(16)3-4-12(13)15(17)21/h3-4,8-9,11H,2,5-7H2,1H3,(H2,17,21)(H,18,19). The van der Waals surface area contributed by atoms with Crippen LogP contribution < -0.4 is 11.1 Å². The van der Waals surface area contributed by atoms with Crippen molar-refractivity contribution in [2.45, 2.75) is 32.3 Å². The van der Waals surface area contributed by atoms with Gasteiger partial charge in [0, 0.05) is 23.1 Å². The molecule has 1 aromatic rings. The highest BCUT2D eigenvalue weighted by atomic mass is 79.9. The summed E-state index contributed by atoms with van der Waals surface area (Å²) in [5.41, 5.74) is 7.02. The van der Waals surface area contributed by atoms with E-state index < -0.39 is 0 Å². The molecule has 0 aliphatic heterocycles. The van der Waals surface area contributed by atoms with E-state index in [1.807, 2.05) is 19.1 Å². The van der Waals surface area contributed by atoms with Gasteiger partial charge in [0.1, 0.15) is 4.99 Å². The van der Waals surface area contributed by atoms with Crippen LogP contribution in [0.1, 0.15) is 31.7 Å². The maximum atomic E-state index is 12.1. The summed E-state index contributed by atoms with van der Waals surface area (Å²) in [4.78, 5) is 12.4. The fourth-order valence-corrected chi connectivity index (χ4v) is 3.05. The molecule has 0 saturated heterocycles. The maximum absolute atomic E-state index is 12.1. The Morgan fingerprint density at radius 3 is 2.86 bits per heavy atom. The third kappa shape index (κ3) is 4.49. The van der Waals surface area contributed by atoms with E-state index in [4.69, 9.17) is 22.7 Å². The number of ether oxygens (including phenoxy) is 1. The number of halogens is 1. The number of anilines is 1. The fraction of sp³-hybridized carbons (Fsp3) is 0.467. The maximum Gasteiger partial charge on any atom is 0.224 e. The van der Waals surface area contributed by atoms with Gasteiger partial charge >= 0.3 is 0 Å². The van der Waals surface area contributed by atoms with Crippen molar-refractivity contribution in [3.05, 3.63) is 28.2 Å². The first kappa shape index (κ1) is 16.4. The molecule has 1 aliphatic rings. The minimum atomic E-state index is -0.00875. The molecule has 2 rings (SSSR count). The van der Waals surface area contributed by atoms with Crippen LogP contribution >= 0.6 is 28.1 Å². The highest BCUT2D eigenvalue weighted by molar-refractivity contribution is 9.10. The molecule has 0 radical (unpaired) electrons. The normalized spacial score (nSPS) is 20.7. The summed E-state index contributed by atoms with van der Waals surface area (Å²) < 4.78 is 6.38. The molecule has 1 fully saturated rings. The lowest BCUT2D eigenvalue weighted by Crippen LogP contribution is -2.34. The molecule has 0 bridgehead atoms. The van der Waals surface area contributed by atoms with E-state index in [0.29, 0.717) is 29.7 Å². The van der Waals surface area contributed by atoms with Crippen molar-refractivity contribution in [3.63, 3.8) is 0 Å². The van der Waals surface area contributed by atoms with Gasteiger partial charge in [-0.25, -0.2) is 0 Å². The predicted molar refractivity (Wildman–Crippen MR) is 91.4 cm³/mol. The summed E-state index contributed by atoms with van der Waals surface area (Å²) >= 11 is 8.39. The molecule has 1 saturated carbocycles. The van der Waals surface area contributed by atoms with Crippen molar-refractivity contribution in [1.29, 1.82) is 0 Å². The Kier molecular flexibility index (Phi) is 5.72. The topological polar surface area (TPSA) is 64.3 Å². The fourth-order valence-electron chi connectivity index (χ4n) is 2.51. The van der Waals surface area contributed by atoms with E-state index in [9.17, 15) is 4.79 Å². The lowest BCUT2D eigenvalue weighted by atomic mass is 9.80. The zero-order valence-corrected chi connectivity index (χ0v) is 14.3. The molecule has 1 amide bonds. The van der Waals surface area contributed by atoms with Crippen molar-refractivity contribution in [2.75, 3.05) is 11.9 Å². The summed E-state index contributed by atoms with van der Waals surface area (Å²) in [7, 11) is 0. The number of carbonyl (C=O) groups is 1. The molecule has 1 aliphatic carbocycles. The Morgan fingerprint density at radius 2 is 2.24 bits per heavy atom. The van der Waals surface area contributed by atoms with Crippen molar-refractivity contribution < 1.29 is 9.53 Å². The van der Waals surface area contributed by atoms with Gasteiger partial charge in [-0.15, -0.1) is 0 Å². The Morgan fingerprint density at radius 1 is 1.52 bits per heavy atom. The van der Waals surface area contributed by atoms with Crippen molar-refractivity contribution in [2.24, 2.45) is 11.7 Å². The third-order valence-electron chi connectivity index (χ3n) is 3.59. The third-order valence-corrected chi connectivity index (χ3v) is 4.30. The number of rotatable bonds is 6. The van der Waals surface area contributed by atoms with Crippen LogP contribution in [0, 0.1) is 5.92 Å². The minimum absolute atomic E-state index is 0.00875. The molecule has 0 aromatic heterocycles. The number of benzene rings is 1. The van der Waals surface area contributed by atoms with Crippen molar-refractivity contribution >= 4 is 44.7 Å². The monoisotopic (exact) mass is 370 g/mol. The van der Waals surface area contributed by atoms with E-state index in [0.717, 1.165) is 23.9 Å². The first-order chi connectivity index (χ1) is 9.99. The molecule has 1 aromatic carbocycles. The Labute approximate surface area is 138 Å². The molecule has 0 spiro atoms. The lowest BCUT2D eigenvalue weighted by molar-refractivity contribution is -0.119. The second-order valence-corrected chi connectivity index (χ2v) is 6.58. The summed E-state index contributed by atoms with van der Waals surface area (Å²) in [5.74, 6) is 0.396. The van der Waals surface area contributed by atoms with Crippen LogP contribution in [0.3, 0.4) is 0 Å². The minimum Gasteiger partial charge on any atom is -0.389 e. The first-order valence-corrected chi connectivity index (χ1v) is 8.20. The van der Waals surface area contributed by atoms with Gasteiger partial charge in [-0.1, -0.05) is 28.1 Å². The van der Waals surface area contributed by atoms with E-state index in [2.05, 4.69) is 21.2 Å². The van der Waals surface area contributed by atoms with E-state index in [1.54, 1.807) is 6.07 Å². The molecular weight excluding hydrogens is 352 g/mol. The van der Waals surface area contributed by atoms with Gasteiger partial charge in [0.05, 0.1) is 11.8 Å². The Hall–Kier alpha value is -0.980. The molecule has 114 valence electrons. The molecule has 0 heterocycles. The van der Waals surface area contributed by atoms with Gasteiger partial charge in [-0.3, -0.25) is 4.79 Å². The van der Waals surface area contributed by atoms with Crippen LogP contribution in [0.4, 0.5) is 5.69 Å². The number of carbonyl (C=O) groups excluding carboxylic acids is 1. The summed E-state index contributed by atoms with van der Waals surface area (Å²) in [6, 6.07) is 5.47. The molecule has 3 N–H and O–H groups in total. The van der Waals surface area contributed by atoms with Crippen LogP contribution in [0.5, 0.6) is 0 Å². The average Bonchev–Trinajstić information content (AvgIpc) is 2.36. The SMILES string of the molecule is CCOC1CC(CC(=O)Nc2cc(Br)ccc2C(N)=S)C1. The number of thiocarbonyl (C=S) groups is 1. The first-order valence-electron chi connectivity index (χ1n) is 7.00. The molecule has 0 atom stereocenters. The van der Waals surface area contributed by atoms with Gasteiger partial charge in [-0.2, -0.15) is 0 Å². The van der Waals surface area contributed by atoms with Crippen LogP contribution in [-0.4, -0.2) is 23.6 Å². The quantitative estimate of drug-likeness (QED) is 0.754. The molecular formula is C15H19BrN2O2S. The van der Waals surface area contributed by atoms with Gasteiger partial charge in [0.2, 0.25) is 5.91 Å². The Bertz CT molecular complexity index is 544. The second-order valence-electron chi connectivity index (χ2n) is 5.22. The molecule has 0 unspecified atom stereocenters. The van der Waals surface area contributed by atoms with Crippen LogP contribution in [0.25, 0.3) is 0 Å². The van der Waals surface area contributed by atoms with E-state index >= 15 is 0 Å². The second kappa shape index (κ2) is 7.33. The van der Waals surface area contributed by atoms with Crippen molar-refractivity contribution in [3.8, 4) is 0 Å². The number of hydrogen-bond donors (Lipinski definition) is 2. The summed E-state index contributed by atoms with van der Waals surface area (Å²) in [6.07, 6.45) is 2.75. The highest BCUT2D eigenvalue weighted by Gasteiger charge is 2.31. The van der Waals surface area contributed by atoms with Crippen molar-refractivity contribution in [1.82, 2.24) is 0 Å². The van der Waals surface area contributed by atoms with Crippen LogP contribution in [0.15, 0.2) is 22.7 Å². The van der Waals surface area contributed by atoms with E-state index in [-0.39, 0.29) is 10.9 Å². The zero-order valence-electron chi connectivity index (χ0n) is 11.9. The largest absolute Gasteiger partial charge is 0.389 e. The molecule has 6 heteroatoms. The number of nitrogens with two attached hydrogens (primary N) is 1.